The van der Waals surface area contributed by atoms with Crippen LogP contribution in [0.5, 0.6) is 0 Å². The first-order valence-electron chi connectivity index (χ1n) is 6.88. The van der Waals surface area contributed by atoms with Gasteiger partial charge in [-0.3, -0.25) is 9.89 Å². The van der Waals surface area contributed by atoms with E-state index < -0.39 is 0 Å². The normalized spacial score (nSPS) is 12.6. The molecular weight excluding hydrogens is 308 g/mol. The molecular formula is C14H19ClN4OS. The number of thiophene rings is 1. The van der Waals surface area contributed by atoms with Crippen molar-refractivity contribution >= 4 is 28.8 Å². The Balaban J connectivity index is 1.92. The van der Waals surface area contributed by atoms with Gasteiger partial charge in [-0.15, -0.1) is 11.3 Å². The molecule has 0 aliphatic carbocycles. The molecule has 2 aromatic rings. The van der Waals surface area contributed by atoms with Gasteiger partial charge in [0.25, 0.3) is 0 Å². The molecule has 2 aromatic heterocycles. The van der Waals surface area contributed by atoms with Crippen LogP contribution in [0.3, 0.4) is 0 Å². The minimum Gasteiger partial charge on any atom is -0.346 e. The molecule has 0 bridgehead atoms. The molecule has 5 nitrogen and oxygen atoms in total. The number of H-pyrrole nitrogens is 1. The molecule has 7 heteroatoms. The van der Waals surface area contributed by atoms with E-state index in [1.807, 2.05) is 32.9 Å². The van der Waals surface area contributed by atoms with Gasteiger partial charge in [0.1, 0.15) is 5.82 Å². The van der Waals surface area contributed by atoms with Crippen molar-refractivity contribution in [3.63, 3.8) is 0 Å². The lowest BCUT2D eigenvalue weighted by Gasteiger charge is -2.19. The Bertz CT molecular complexity index is 608. The van der Waals surface area contributed by atoms with Crippen LogP contribution in [-0.2, 0) is 11.2 Å². The fourth-order valence-electron chi connectivity index (χ4n) is 2.00. The van der Waals surface area contributed by atoms with Crippen molar-refractivity contribution in [2.24, 2.45) is 5.92 Å². The van der Waals surface area contributed by atoms with Gasteiger partial charge in [-0.05, 0) is 31.4 Å². The number of amides is 1. The van der Waals surface area contributed by atoms with E-state index in [2.05, 4.69) is 20.5 Å². The maximum absolute atomic E-state index is 12.1. The second kappa shape index (κ2) is 7.04. The Labute approximate surface area is 133 Å². The molecule has 0 aliphatic rings. The van der Waals surface area contributed by atoms with Crippen LogP contribution >= 0.6 is 22.9 Å². The lowest BCUT2D eigenvalue weighted by molar-refractivity contribution is -0.122. The van der Waals surface area contributed by atoms with Crippen molar-refractivity contribution in [1.82, 2.24) is 20.5 Å². The van der Waals surface area contributed by atoms with E-state index in [1.54, 1.807) is 0 Å². The van der Waals surface area contributed by atoms with Crippen LogP contribution in [0.1, 0.15) is 42.8 Å². The molecule has 1 atom stereocenters. The highest BCUT2D eigenvalue weighted by atomic mass is 35.5. The van der Waals surface area contributed by atoms with Gasteiger partial charge in [0.05, 0.1) is 10.4 Å². The second-order valence-corrected chi connectivity index (χ2v) is 7.07. The van der Waals surface area contributed by atoms with E-state index in [1.165, 1.54) is 11.3 Å². The number of rotatable bonds is 6. The molecule has 2 rings (SSSR count). The summed E-state index contributed by atoms with van der Waals surface area (Å²) in [4.78, 5) is 17.5. The van der Waals surface area contributed by atoms with Gasteiger partial charge in [0.2, 0.25) is 5.91 Å². The highest BCUT2D eigenvalue weighted by molar-refractivity contribution is 7.16. The molecule has 0 spiro atoms. The van der Waals surface area contributed by atoms with E-state index in [0.29, 0.717) is 18.7 Å². The van der Waals surface area contributed by atoms with Gasteiger partial charge in [0, 0.05) is 11.3 Å². The van der Waals surface area contributed by atoms with Crippen LogP contribution in [-0.4, -0.2) is 21.1 Å². The molecule has 0 saturated heterocycles. The van der Waals surface area contributed by atoms with Gasteiger partial charge in [-0.25, -0.2) is 4.98 Å². The summed E-state index contributed by atoms with van der Waals surface area (Å²) in [6.07, 6.45) is 1.13. The summed E-state index contributed by atoms with van der Waals surface area (Å²) in [5.74, 6) is 1.61. The number of hydrogen-bond donors (Lipinski definition) is 2. The SMILES string of the molecule is Cc1nc([C@@H](NC(=O)CCc2ccc(Cl)s2)C(C)C)n[nH]1. The molecule has 0 saturated carbocycles. The smallest absolute Gasteiger partial charge is 0.220 e. The van der Waals surface area contributed by atoms with Crippen molar-refractivity contribution in [3.05, 3.63) is 33.0 Å². The number of halogens is 1. The van der Waals surface area contributed by atoms with Crippen molar-refractivity contribution in [1.29, 1.82) is 0 Å². The zero-order chi connectivity index (χ0) is 15.4. The number of aromatic amines is 1. The molecule has 2 N–H and O–H groups in total. The first-order chi connectivity index (χ1) is 9.95. The summed E-state index contributed by atoms with van der Waals surface area (Å²) < 4.78 is 0.752. The summed E-state index contributed by atoms with van der Waals surface area (Å²) in [6.45, 7) is 5.92. The highest BCUT2D eigenvalue weighted by Crippen LogP contribution is 2.23. The van der Waals surface area contributed by atoms with Crippen LogP contribution in [0.4, 0.5) is 0 Å². The molecule has 2 heterocycles. The fourth-order valence-corrected chi connectivity index (χ4v) is 3.08. The molecule has 1 amide bonds. The summed E-state index contributed by atoms with van der Waals surface area (Å²) in [6, 6.07) is 3.64. The molecule has 0 fully saturated rings. The summed E-state index contributed by atoms with van der Waals surface area (Å²) in [5.41, 5.74) is 0. The lowest BCUT2D eigenvalue weighted by Crippen LogP contribution is -2.32. The van der Waals surface area contributed by atoms with Gasteiger partial charge >= 0.3 is 0 Å². The van der Waals surface area contributed by atoms with Crippen LogP contribution in [0.15, 0.2) is 12.1 Å². The van der Waals surface area contributed by atoms with E-state index in [9.17, 15) is 4.79 Å². The minimum absolute atomic E-state index is 0.000625. The fraction of sp³-hybridized carbons (Fsp3) is 0.500. The van der Waals surface area contributed by atoms with E-state index in [0.717, 1.165) is 15.0 Å². The number of aryl methyl sites for hydroxylation is 2. The number of nitrogens with zero attached hydrogens (tertiary/aromatic N) is 2. The first kappa shape index (κ1) is 16.0. The Morgan fingerprint density at radius 1 is 1.48 bits per heavy atom. The van der Waals surface area contributed by atoms with Crippen LogP contribution in [0.2, 0.25) is 4.34 Å². The number of hydrogen-bond acceptors (Lipinski definition) is 4. The Kier molecular flexibility index (Phi) is 5.36. The standard InChI is InChI=1S/C14H19ClN4OS/c1-8(2)13(14-16-9(3)18-19-14)17-12(20)7-5-10-4-6-11(15)21-10/h4,6,8,13H,5,7H2,1-3H3,(H,17,20)(H,16,18,19)/t13-/m0/s1. The third-order valence-electron chi connectivity index (χ3n) is 3.10. The quantitative estimate of drug-likeness (QED) is 0.855. The molecule has 0 unspecified atom stereocenters. The van der Waals surface area contributed by atoms with Gasteiger partial charge in [-0.1, -0.05) is 25.4 Å². The van der Waals surface area contributed by atoms with Crippen molar-refractivity contribution in [2.45, 2.75) is 39.7 Å². The van der Waals surface area contributed by atoms with Crippen LogP contribution in [0.25, 0.3) is 0 Å². The van der Waals surface area contributed by atoms with Gasteiger partial charge in [-0.2, -0.15) is 5.10 Å². The van der Waals surface area contributed by atoms with E-state index >= 15 is 0 Å². The summed E-state index contributed by atoms with van der Waals surface area (Å²) in [5, 5.41) is 9.97. The predicted molar refractivity (Wildman–Crippen MR) is 84.5 cm³/mol. The third-order valence-corrected chi connectivity index (χ3v) is 4.39. The van der Waals surface area contributed by atoms with Gasteiger partial charge in [0.15, 0.2) is 5.82 Å². The van der Waals surface area contributed by atoms with Crippen molar-refractivity contribution in [3.8, 4) is 0 Å². The predicted octanol–water partition coefficient (Wildman–Crippen LogP) is 3.27. The van der Waals surface area contributed by atoms with Gasteiger partial charge < -0.3 is 5.32 Å². The molecule has 114 valence electrons. The maximum atomic E-state index is 12.1. The van der Waals surface area contributed by atoms with Crippen molar-refractivity contribution < 1.29 is 4.79 Å². The Morgan fingerprint density at radius 2 is 2.24 bits per heavy atom. The molecule has 0 aliphatic heterocycles. The third kappa shape index (κ3) is 4.54. The number of carbonyl (C=O) groups excluding carboxylic acids is 1. The average Bonchev–Trinajstić information content (AvgIpc) is 3.02. The first-order valence-corrected chi connectivity index (χ1v) is 8.07. The minimum atomic E-state index is -0.172. The zero-order valence-corrected chi connectivity index (χ0v) is 13.9. The number of aromatic nitrogens is 3. The second-order valence-electron chi connectivity index (χ2n) is 5.27. The number of carbonyl (C=O) groups is 1. The average molecular weight is 327 g/mol. The highest BCUT2D eigenvalue weighted by Gasteiger charge is 2.22. The maximum Gasteiger partial charge on any atom is 0.220 e. The Hall–Kier alpha value is -1.40. The largest absolute Gasteiger partial charge is 0.346 e. The van der Waals surface area contributed by atoms with Crippen LogP contribution < -0.4 is 5.32 Å². The molecule has 0 aromatic carbocycles. The summed E-state index contributed by atoms with van der Waals surface area (Å²) in [7, 11) is 0. The zero-order valence-electron chi connectivity index (χ0n) is 12.3. The topological polar surface area (TPSA) is 70.7 Å². The Morgan fingerprint density at radius 3 is 2.76 bits per heavy atom. The summed E-state index contributed by atoms with van der Waals surface area (Å²) >= 11 is 7.39. The monoisotopic (exact) mass is 326 g/mol. The molecule has 0 radical (unpaired) electrons. The lowest BCUT2D eigenvalue weighted by atomic mass is 10.0. The van der Waals surface area contributed by atoms with E-state index in [4.69, 9.17) is 11.6 Å². The van der Waals surface area contributed by atoms with E-state index in [-0.39, 0.29) is 17.9 Å². The van der Waals surface area contributed by atoms with Crippen LogP contribution in [0, 0.1) is 12.8 Å². The van der Waals surface area contributed by atoms with Crippen molar-refractivity contribution in [2.75, 3.05) is 0 Å². The number of nitrogens with one attached hydrogen (secondary N) is 2. The molecule has 21 heavy (non-hydrogen) atoms.